The number of fused-ring (bicyclic) bond motifs is 1. The van der Waals surface area contributed by atoms with E-state index in [0.29, 0.717) is 24.3 Å². The maximum atomic E-state index is 11.4. The van der Waals surface area contributed by atoms with Crippen LogP contribution < -0.4 is 4.72 Å². The second kappa shape index (κ2) is 3.79. The molecule has 0 saturated heterocycles. The molecule has 0 radical (unpaired) electrons. The van der Waals surface area contributed by atoms with Gasteiger partial charge in [-0.25, -0.2) is 13.2 Å². The number of cyclic esters (lactones) is 1. The van der Waals surface area contributed by atoms with Crippen molar-refractivity contribution in [3.05, 3.63) is 29.3 Å². The van der Waals surface area contributed by atoms with E-state index in [0.717, 1.165) is 11.8 Å². The zero-order valence-corrected chi connectivity index (χ0v) is 9.50. The van der Waals surface area contributed by atoms with E-state index in [4.69, 9.17) is 4.74 Å². The molecule has 1 aromatic rings. The molecule has 0 aromatic heterocycles. The Kier molecular flexibility index (Phi) is 2.59. The molecular weight excluding hydrogens is 230 g/mol. The minimum absolute atomic E-state index is 0.375. The third-order valence-corrected chi connectivity index (χ3v) is 2.84. The van der Waals surface area contributed by atoms with Crippen LogP contribution in [0, 0.1) is 0 Å². The van der Waals surface area contributed by atoms with Crippen LogP contribution in [-0.4, -0.2) is 27.2 Å². The molecule has 0 fully saturated rings. The number of ether oxygens (including phenoxy) is 1. The van der Waals surface area contributed by atoms with Crippen LogP contribution in [0.5, 0.6) is 0 Å². The van der Waals surface area contributed by atoms with E-state index >= 15 is 0 Å². The van der Waals surface area contributed by atoms with Crippen LogP contribution in [0.3, 0.4) is 0 Å². The first-order chi connectivity index (χ1) is 7.46. The first-order valence-corrected chi connectivity index (χ1v) is 6.63. The van der Waals surface area contributed by atoms with Gasteiger partial charge in [0.25, 0.3) is 0 Å². The summed E-state index contributed by atoms with van der Waals surface area (Å²) in [5.41, 5.74) is 1.69. The Labute approximate surface area is 93.5 Å². The molecule has 0 bridgehead atoms. The van der Waals surface area contributed by atoms with Crippen molar-refractivity contribution in [1.82, 2.24) is 0 Å². The lowest BCUT2D eigenvalue weighted by Crippen LogP contribution is -2.18. The van der Waals surface area contributed by atoms with E-state index in [1.165, 1.54) is 6.07 Å². The fourth-order valence-corrected chi connectivity index (χ4v) is 2.15. The quantitative estimate of drug-likeness (QED) is 0.776. The average molecular weight is 241 g/mol. The third-order valence-electron chi connectivity index (χ3n) is 2.24. The predicted octanol–water partition coefficient (Wildman–Crippen LogP) is 0.771. The van der Waals surface area contributed by atoms with Crippen molar-refractivity contribution < 1.29 is 17.9 Å². The summed E-state index contributed by atoms with van der Waals surface area (Å²) in [6, 6.07) is 4.87. The summed E-state index contributed by atoms with van der Waals surface area (Å²) < 4.78 is 29.2. The summed E-state index contributed by atoms with van der Waals surface area (Å²) in [7, 11) is -3.32. The summed E-state index contributed by atoms with van der Waals surface area (Å²) in [4.78, 5) is 11.4. The summed E-state index contributed by atoms with van der Waals surface area (Å²) in [5, 5.41) is 0. The average Bonchev–Trinajstić information content (AvgIpc) is 2.17. The van der Waals surface area contributed by atoms with E-state index in [1.807, 2.05) is 0 Å². The Morgan fingerprint density at radius 2 is 2.12 bits per heavy atom. The topological polar surface area (TPSA) is 72.5 Å². The van der Waals surface area contributed by atoms with Crippen LogP contribution in [0.25, 0.3) is 0 Å². The van der Waals surface area contributed by atoms with Gasteiger partial charge in [-0.1, -0.05) is 6.07 Å². The standard InChI is InChI=1S/C10H11NO4S/c1-16(13,14)11-8-3-2-7-4-5-15-10(12)9(7)6-8/h2-3,6,11H,4-5H2,1H3. The van der Waals surface area contributed by atoms with Gasteiger partial charge in [-0.3, -0.25) is 4.72 Å². The number of carbonyl (C=O) groups excluding carboxylic acids is 1. The number of hydrogen-bond acceptors (Lipinski definition) is 4. The lowest BCUT2D eigenvalue weighted by atomic mass is 10.0. The largest absolute Gasteiger partial charge is 0.462 e. The van der Waals surface area contributed by atoms with Crippen LogP contribution in [-0.2, 0) is 21.2 Å². The molecule has 1 aliphatic rings. The number of sulfonamides is 1. The second-order valence-electron chi connectivity index (χ2n) is 3.63. The summed E-state index contributed by atoms with van der Waals surface area (Å²) in [5.74, 6) is -0.404. The lowest BCUT2D eigenvalue weighted by molar-refractivity contribution is 0.0480. The Morgan fingerprint density at radius 1 is 1.38 bits per heavy atom. The zero-order chi connectivity index (χ0) is 11.8. The molecule has 1 N–H and O–H groups in total. The zero-order valence-electron chi connectivity index (χ0n) is 8.69. The monoisotopic (exact) mass is 241 g/mol. The van der Waals surface area contributed by atoms with Gasteiger partial charge in [0.1, 0.15) is 0 Å². The normalized spacial score (nSPS) is 15.2. The minimum atomic E-state index is -3.32. The van der Waals surface area contributed by atoms with E-state index < -0.39 is 16.0 Å². The molecule has 86 valence electrons. The molecule has 1 heterocycles. The van der Waals surface area contributed by atoms with Gasteiger partial charge >= 0.3 is 5.97 Å². The first-order valence-electron chi connectivity index (χ1n) is 4.73. The Bertz CT molecular complexity index is 536. The van der Waals surface area contributed by atoms with Crippen LogP contribution in [0.4, 0.5) is 5.69 Å². The number of esters is 1. The smallest absolute Gasteiger partial charge is 0.338 e. The van der Waals surface area contributed by atoms with Gasteiger partial charge in [0.2, 0.25) is 10.0 Å². The van der Waals surface area contributed by atoms with E-state index in [9.17, 15) is 13.2 Å². The van der Waals surface area contributed by atoms with Crippen molar-refractivity contribution in [3.63, 3.8) is 0 Å². The van der Waals surface area contributed by atoms with Gasteiger partial charge in [0.15, 0.2) is 0 Å². The number of carbonyl (C=O) groups is 1. The molecule has 2 rings (SSSR count). The molecule has 6 heteroatoms. The molecule has 1 aliphatic heterocycles. The number of rotatable bonds is 2. The second-order valence-corrected chi connectivity index (χ2v) is 5.38. The Morgan fingerprint density at radius 3 is 2.81 bits per heavy atom. The van der Waals surface area contributed by atoms with Crippen molar-refractivity contribution in [1.29, 1.82) is 0 Å². The molecule has 0 spiro atoms. The Hall–Kier alpha value is -1.56. The number of hydrogen-bond donors (Lipinski definition) is 1. The molecule has 0 aliphatic carbocycles. The maximum absolute atomic E-state index is 11.4. The highest BCUT2D eigenvalue weighted by Crippen LogP contribution is 2.21. The van der Waals surface area contributed by atoms with Crippen molar-refractivity contribution in [2.24, 2.45) is 0 Å². The summed E-state index contributed by atoms with van der Waals surface area (Å²) in [6.07, 6.45) is 1.73. The first kappa shape index (κ1) is 10.9. The number of nitrogens with one attached hydrogen (secondary N) is 1. The van der Waals surface area contributed by atoms with E-state index in [2.05, 4.69) is 4.72 Å². The number of benzene rings is 1. The molecule has 0 amide bonds. The van der Waals surface area contributed by atoms with Crippen molar-refractivity contribution >= 4 is 21.7 Å². The predicted molar refractivity (Wildman–Crippen MR) is 58.9 cm³/mol. The van der Waals surface area contributed by atoms with Crippen molar-refractivity contribution in [2.75, 3.05) is 17.6 Å². The van der Waals surface area contributed by atoms with Gasteiger partial charge < -0.3 is 4.74 Å². The molecule has 5 nitrogen and oxygen atoms in total. The molecule has 0 unspecified atom stereocenters. The van der Waals surface area contributed by atoms with Crippen molar-refractivity contribution in [3.8, 4) is 0 Å². The van der Waals surface area contributed by atoms with Gasteiger partial charge in [-0.05, 0) is 17.7 Å². The SMILES string of the molecule is CS(=O)(=O)Nc1ccc2c(c1)C(=O)OCC2. The van der Waals surface area contributed by atoms with Gasteiger partial charge in [-0.15, -0.1) is 0 Å². The third kappa shape index (κ3) is 2.33. The summed E-state index contributed by atoms with van der Waals surface area (Å²) >= 11 is 0. The van der Waals surface area contributed by atoms with E-state index in [-0.39, 0.29) is 0 Å². The van der Waals surface area contributed by atoms with Gasteiger partial charge in [0.05, 0.1) is 18.4 Å². The molecule has 16 heavy (non-hydrogen) atoms. The van der Waals surface area contributed by atoms with Crippen LogP contribution in [0.15, 0.2) is 18.2 Å². The minimum Gasteiger partial charge on any atom is -0.462 e. The van der Waals surface area contributed by atoms with Gasteiger partial charge in [0, 0.05) is 12.1 Å². The fourth-order valence-electron chi connectivity index (χ4n) is 1.59. The maximum Gasteiger partial charge on any atom is 0.338 e. The molecular formula is C10H11NO4S. The highest BCUT2D eigenvalue weighted by molar-refractivity contribution is 7.92. The number of anilines is 1. The molecule has 0 atom stereocenters. The Balaban J connectivity index is 2.38. The molecule has 0 saturated carbocycles. The van der Waals surface area contributed by atoms with Crippen LogP contribution >= 0.6 is 0 Å². The van der Waals surface area contributed by atoms with E-state index in [1.54, 1.807) is 12.1 Å². The van der Waals surface area contributed by atoms with Crippen LogP contribution in [0.2, 0.25) is 0 Å². The van der Waals surface area contributed by atoms with Crippen molar-refractivity contribution in [2.45, 2.75) is 6.42 Å². The molecule has 1 aromatic carbocycles. The fraction of sp³-hybridized carbons (Fsp3) is 0.300. The lowest BCUT2D eigenvalue weighted by Gasteiger charge is -2.16. The summed E-state index contributed by atoms with van der Waals surface area (Å²) in [6.45, 7) is 0.380. The highest BCUT2D eigenvalue weighted by atomic mass is 32.2. The van der Waals surface area contributed by atoms with Gasteiger partial charge in [-0.2, -0.15) is 0 Å². The highest BCUT2D eigenvalue weighted by Gasteiger charge is 2.19. The van der Waals surface area contributed by atoms with Crippen LogP contribution in [0.1, 0.15) is 15.9 Å².